The molecule has 44 heavy (non-hydrogen) atoms. The van der Waals surface area contributed by atoms with Crippen molar-refractivity contribution in [3.63, 3.8) is 0 Å². The number of hydrogen-bond donors (Lipinski definition) is 5. The minimum Gasteiger partial charge on any atom is -0.381 e. The van der Waals surface area contributed by atoms with Crippen LogP contribution in [0.25, 0.3) is 0 Å². The highest BCUT2D eigenvalue weighted by Gasteiger charge is 2.85. The molecule has 1 saturated heterocycles. The standard InChI is InChI=1S/C34H57N5O5/c1-31(2,3)26(38-29(43)24(35)21-13-7-6-8-14-21)30(44)39-19-34(32(4,5)33(34)15-10-16-33)18-23(39)28(42)37-22(25(40)27(36)41)17-20-11-9-12-20/h20-26,40H,6-19,35H2,1-5H3,(H2,36,41)(H,37,42)(H,38,43)/t22?,23-,24-,25?,26+,34?/m0/s1. The molecule has 4 aliphatic carbocycles. The number of carbonyl (C=O) groups is 4. The van der Waals surface area contributed by atoms with E-state index in [1.54, 1.807) is 4.90 Å². The maximum Gasteiger partial charge on any atom is 0.248 e. The van der Waals surface area contributed by atoms with Crippen LogP contribution in [0.4, 0.5) is 0 Å². The first-order valence-corrected chi connectivity index (χ1v) is 17.2. The molecule has 7 N–H and O–H groups in total. The molecular formula is C34H57N5O5. The van der Waals surface area contributed by atoms with Crippen molar-refractivity contribution in [2.45, 2.75) is 148 Å². The van der Waals surface area contributed by atoms with Gasteiger partial charge in [-0.15, -0.1) is 0 Å². The van der Waals surface area contributed by atoms with Crippen LogP contribution < -0.4 is 22.1 Å². The SMILES string of the molecule is CC(C)(C)[C@H](NC(=O)[C@@H](N)C1CCCCC1)C(=O)N1CC2(C[C@H]1C(=O)NC(CC1CCC1)C(O)C(N)=O)C(C)(C)C21CCC1. The molecule has 10 nitrogen and oxygen atoms in total. The Hall–Kier alpha value is -2.20. The largest absolute Gasteiger partial charge is 0.381 e. The Kier molecular flexibility index (Phi) is 8.95. The number of nitrogens with two attached hydrogens (primary N) is 2. The number of aliphatic hydroxyl groups is 1. The second kappa shape index (κ2) is 11.9. The molecule has 4 saturated carbocycles. The molecule has 1 heterocycles. The van der Waals surface area contributed by atoms with E-state index in [-0.39, 0.29) is 39.9 Å². The minimum atomic E-state index is -1.50. The molecule has 0 aromatic rings. The Balaban J connectivity index is 1.40. The van der Waals surface area contributed by atoms with Crippen LogP contribution in [0.2, 0.25) is 0 Å². The normalized spacial score (nSPS) is 30.5. The summed E-state index contributed by atoms with van der Waals surface area (Å²) in [6, 6.07) is -3.13. The second-order valence-electron chi connectivity index (χ2n) is 16.6. The third kappa shape index (κ3) is 5.46. The van der Waals surface area contributed by atoms with E-state index in [0.717, 1.165) is 70.6 Å². The fourth-order valence-corrected chi connectivity index (χ4v) is 9.66. The summed E-state index contributed by atoms with van der Waals surface area (Å²) < 4.78 is 0. The number of primary amides is 1. The minimum absolute atomic E-state index is 0.0340. The van der Waals surface area contributed by atoms with Crippen molar-refractivity contribution < 1.29 is 24.3 Å². The van der Waals surface area contributed by atoms with Gasteiger partial charge in [0.1, 0.15) is 12.1 Å². The lowest BCUT2D eigenvalue weighted by Gasteiger charge is -2.37. The zero-order chi connectivity index (χ0) is 32.2. The van der Waals surface area contributed by atoms with Crippen LogP contribution in [0.15, 0.2) is 0 Å². The lowest BCUT2D eigenvalue weighted by Crippen LogP contribution is -2.61. The zero-order valence-corrected chi connectivity index (χ0v) is 27.6. The van der Waals surface area contributed by atoms with Crippen LogP contribution in [0.3, 0.4) is 0 Å². The van der Waals surface area contributed by atoms with Crippen molar-refractivity contribution in [2.75, 3.05) is 6.54 Å². The third-order valence-electron chi connectivity index (χ3n) is 13.1. The number of amides is 4. The number of nitrogens with one attached hydrogen (secondary N) is 2. The van der Waals surface area contributed by atoms with Crippen LogP contribution in [-0.4, -0.2) is 70.5 Å². The van der Waals surface area contributed by atoms with E-state index in [1.165, 1.54) is 0 Å². The summed E-state index contributed by atoms with van der Waals surface area (Å²) in [5.41, 5.74) is 11.2. The lowest BCUT2D eigenvalue weighted by molar-refractivity contribution is -0.145. The first-order valence-electron chi connectivity index (χ1n) is 17.2. The Morgan fingerprint density at radius 2 is 1.57 bits per heavy atom. The first kappa shape index (κ1) is 33.2. The van der Waals surface area contributed by atoms with E-state index in [9.17, 15) is 24.3 Å². The van der Waals surface area contributed by atoms with Gasteiger partial charge in [0, 0.05) is 12.0 Å². The van der Waals surface area contributed by atoms with Gasteiger partial charge in [-0.3, -0.25) is 19.2 Å². The number of rotatable bonds is 10. The van der Waals surface area contributed by atoms with E-state index < -0.39 is 41.6 Å². The number of likely N-dealkylation sites (tertiary alicyclic amines) is 1. The third-order valence-corrected chi connectivity index (χ3v) is 13.1. The Labute approximate surface area is 263 Å². The van der Waals surface area contributed by atoms with Gasteiger partial charge in [0.15, 0.2) is 6.10 Å². The van der Waals surface area contributed by atoms with Crippen molar-refractivity contribution in [3.05, 3.63) is 0 Å². The van der Waals surface area contributed by atoms with Gasteiger partial charge in [-0.05, 0) is 66.6 Å². The fourth-order valence-electron chi connectivity index (χ4n) is 9.66. The fraction of sp³-hybridized carbons (Fsp3) is 0.882. The summed E-state index contributed by atoms with van der Waals surface area (Å²) in [6.45, 7) is 10.7. The molecule has 3 unspecified atom stereocenters. The molecule has 5 rings (SSSR count). The van der Waals surface area contributed by atoms with E-state index in [0.29, 0.717) is 25.3 Å². The predicted octanol–water partition coefficient (Wildman–Crippen LogP) is 2.74. The summed E-state index contributed by atoms with van der Waals surface area (Å²) >= 11 is 0. The second-order valence-corrected chi connectivity index (χ2v) is 16.6. The van der Waals surface area contributed by atoms with Crippen molar-refractivity contribution in [1.29, 1.82) is 0 Å². The smallest absolute Gasteiger partial charge is 0.248 e. The summed E-state index contributed by atoms with van der Waals surface area (Å²) in [5.74, 6) is -1.41. The number of fused-ring (bicyclic) bond motifs is 1. The van der Waals surface area contributed by atoms with E-state index in [4.69, 9.17) is 11.5 Å². The van der Waals surface area contributed by atoms with Crippen LogP contribution in [0.5, 0.6) is 0 Å². The first-order chi connectivity index (χ1) is 20.6. The topological polar surface area (TPSA) is 168 Å². The predicted molar refractivity (Wildman–Crippen MR) is 168 cm³/mol. The van der Waals surface area contributed by atoms with E-state index in [2.05, 4.69) is 24.5 Å². The van der Waals surface area contributed by atoms with Gasteiger partial charge in [-0.1, -0.05) is 79.6 Å². The molecule has 6 atom stereocenters. The highest BCUT2D eigenvalue weighted by atomic mass is 16.3. The molecule has 0 bridgehead atoms. The number of nitrogens with zero attached hydrogens (tertiary/aromatic N) is 1. The monoisotopic (exact) mass is 615 g/mol. The number of aliphatic hydroxyl groups excluding tert-OH is 1. The van der Waals surface area contributed by atoms with E-state index >= 15 is 0 Å². The van der Waals surface area contributed by atoms with Crippen molar-refractivity contribution in [3.8, 4) is 0 Å². The van der Waals surface area contributed by atoms with Gasteiger partial charge in [0.05, 0.1) is 12.1 Å². The molecule has 0 aromatic heterocycles. The Bertz CT molecular complexity index is 1140. The van der Waals surface area contributed by atoms with Gasteiger partial charge in [0.2, 0.25) is 23.6 Å². The Morgan fingerprint density at radius 3 is 2.05 bits per heavy atom. The van der Waals surface area contributed by atoms with E-state index in [1.807, 2.05) is 20.8 Å². The summed E-state index contributed by atoms with van der Waals surface area (Å²) in [6.07, 6.45) is 11.0. The molecule has 0 aromatic carbocycles. The van der Waals surface area contributed by atoms with Crippen LogP contribution in [-0.2, 0) is 19.2 Å². The Morgan fingerprint density at radius 1 is 0.932 bits per heavy atom. The maximum atomic E-state index is 14.6. The zero-order valence-electron chi connectivity index (χ0n) is 27.6. The molecule has 248 valence electrons. The molecule has 5 fully saturated rings. The van der Waals surface area contributed by atoms with Crippen molar-refractivity contribution >= 4 is 23.6 Å². The van der Waals surface area contributed by atoms with Gasteiger partial charge in [-0.25, -0.2) is 0 Å². The summed E-state index contributed by atoms with van der Waals surface area (Å²) in [7, 11) is 0. The number of carbonyl (C=O) groups excluding carboxylic acids is 4. The maximum absolute atomic E-state index is 14.6. The van der Waals surface area contributed by atoms with Crippen LogP contribution >= 0.6 is 0 Å². The van der Waals surface area contributed by atoms with Crippen molar-refractivity contribution in [2.24, 2.45) is 45.0 Å². The molecule has 0 radical (unpaired) electrons. The average molecular weight is 616 g/mol. The van der Waals surface area contributed by atoms with Crippen LogP contribution in [0.1, 0.15) is 118 Å². The van der Waals surface area contributed by atoms with Crippen molar-refractivity contribution in [1.82, 2.24) is 15.5 Å². The van der Waals surface area contributed by atoms with Crippen LogP contribution in [0, 0.1) is 33.5 Å². The molecule has 10 heteroatoms. The number of hydrogen-bond acceptors (Lipinski definition) is 6. The molecule has 2 spiro atoms. The summed E-state index contributed by atoms with van der Waals surface area (Å²) in [4.78, 5) is 56.0. The molecule has 4 amide bonds. The quantitative estimate of drug-likeness (QED) is 0.253. The van der Waals surface area contributed by atoms with Gasteiger partial charge in [0.25, 0.3) is 0 Å². The highest BCUT2D eigenvalue weighted by Crippen LogP contribution is 2.88. The lowest BCUT2D eigenvalue weighted by atomic mass is 9.73. The molecular weight excluding hydrogens is 558 g/mol. The van der Waals surface area contributed by atoms with Gasteiger partial charge in [-0.2, -0.15) is 0 Å². The summed E-state index contributed by atoms with van der Waals surface area (Å²) in [5, 5.41) is 16.7. The highest BCUT2D eigenvalue weighted by molar-refractivity contribution is 5.94. The van der Waals surface area contributed by atoms with Gasteiger partial charge < -0.3 is 32.1 Å². The van der Waals surface area contributed by atoms with Gasteiger partial charge >= 0.3 is 0 Å². The molecule has 5 aliphatic rings. The average Bonchev–Trinajstić information content (AvgIpc) is 3.15. The molecule has 1 aliphatic heterocycles.